The van der Waals surface area contributed by atoms with Gasteiger partial charge in [0, 0.05) is 18.6 Å². The molecule has 0 aromatic carbocycles. The van der Waals surface area contributed by atoms with Crippen molar-refractivity contribution in [1.29, 1.82) is 0 Å². The first kappa shape index (κ1) is 14.3. The average molecular weight is 266 g/mol. The Hall–Kier alpha value is -1.10. The van der Waals surface area contributed by atoms with Gasteiger partial charge in [0.15, 0.2) is 0 Å². The summed E-state index contributed by atoms with van der Waals surface area (Å²) in [6.07, 6.45) is 5.97. The molecule has 0 amide bonds. The van der Waals surface area contributed by atoms with E-state index in [1.807, 2.05) is 0 Å². The SMILES string of the molecule is CCCCN(c1nnc(CNC2CC2)o1)C(C)CC. The van der Waals surface area contributed by atoms with Gasteiger partial charge in [0.2, 0.25) is 5.89 Å². The summed E-state index contributed by atoms with van der Waals surface area (Å²) in [4.78, 5) is 2.23. The van der Waals surface area contributed by atoms with E-state index in [1.54, 1.807) is 0 Å². The summed E-state index contributed by atoms with van der Waals surface area (Å²) < 4.78 is 5.79. The number of nitrogens with one attached hydrogen (secondary N) is 1. The summed E-state index contributed by atoms with van der Waals surface area (Å²) in [5.74, 6) is 0.701. The highest BCUT2D eigenvalue weighted by molar-refractivity contribution is 5.25. The summed E-state index contributed by atoms with van der Waals surface area (Å²) in [6, 6.07) is 1.78. The largest absolute Gasteiger partial charge is 0.407 e. The molecule has 0 aliphatic heterocycles. The van der Waals surface area contributed by atoms with Crippen LogP contribution in [0.1, 0.15) is 58.8 Å². The van der Waals surface area contributed by atoms with Crippen LogP contribution in [-0.2, 0) is 6.54 Å². The van der Waals surface area contributed by atoms with Gasteiger partial charge in [-0.2, -0.15) is 0 Å². The summed E-state index contributed by atoms with van der Waals surface area (Å²) in [5, 5.41) is 11.7. The Balaban J connectivity index is 1.94. The molecule has 19 heavy (non-hydrogen) atoms. The second-order valence-electron chi connectivity index (χ2n) is 5.44. The first-order valence-corrected chi connectivity index (χ1v) is 7.57. The third-order valence-electron chi connectivity index (χ3n) is 3.70. The molecule has 2 rings (SSSR count). The lowest BCUT2D eigenvalue weighted by molar-refractivity contribution is 0.442. The Morgan fingerprint density at radius 3 is 2.79 bits per heavy atom. The molecule has 5 heteroatoms. The average Bonchev–Trinajstić information content (AvgIpc) is 3.15. The fourth-order valence-electron chi connectivity index (χ4n) is 2.00. The Bertz CT molecular complexity index is 375. The molecule has 1 fully saturated rings. The van der Waals surface area contributed by atoms with E-state index in [0.717, 1.165) is 19.4 Å². The van der Waals surface area contributed by atoms with E-state index in [2.05, 4.69) is 41.2 Å². The quantitative estimate of drug-likeness (QED) is 0.745. The lowest BCUT2D eigenvalue weighted by atomic mass is 10.2. The molecule has 1 aromatic rings. The zero-order valence-electron chi connectivity index (χ0n) is 12.4. The third-order valence-corrected chi connectivity index (χ3v) is 3.70. The molecule has 1 aliphatic carbocycles. The molecule has 0 saturated heterocycles. The van der Waals surface area contributed by atoms with E-state index < -0.39 is 0 Å². The Morgan fingerprint density at radius 1 is 1.37 bits per heavy atom. The molecule has 1 saturated carbocycles. The Labute approximate surface area is 115 Å². The van der Waals surface area contributed by atoms with Crippen LogP contribution in [0.15, 0.2) is 4.42 Å². The van der Waals surface area contributed by atoms with Gasteiger partial charge >= 0.3 is 6.01 Å². The molecule has 1 unspecified atom stereocenters. The van der Waals surface area contributed by atoms with Gasteiger partial charge in [0.05, 0.1) is 6.54 Å². The van der Waals surface area contributed by atoms with Crippen molar-refractivity contribution >= 4 is 6.01 Å². The van der Waals surface area contributed by atoms with Crippen LogP contribution >= 0.6 is 0 Å². The maximum atomic E-state index is 5.79. The molecule has 1 aromatic heterocycles. The van der Waals surface area contributed by atoms with Crippen molar-refractivity contribution in [1.82, 2.24) is 15.5 Å². The lowest BCUT2D eigenvalue weighted by Gasteiger charge is -2.26. The standard InChI is InChI=1S/C14H26N4O/c1-4-6-9-18(11(3)5-2)14-17-16-13(19-14)10-15-12-7-8-12/h11-12,15H,4-10H2,1-3H3. The third kappa shape index (κ3) is 4.20. The maximum absolute atomic E-state index is 5.79. The maximum Gasteiger partial charge on any atom is 0.318 e. The molecule has 108 valence electrons. The summed E-state index contributed by atoms with van der Waals surface area (Å²) in [6.45, 7) is 8.29. The summed E-state index contributed by atoms with van der Waals surface area (Å²) in [5.41, 5.74) is 0. The van der Waals surface area contributed by atoms with E-state index in [1.165, 1.54) is 19.3 Å². The van der Waals surface area contributed by atoms with E-state index >= 15 is 0 Å². The van der Waals surface area contributed by atoms with Gasteiger partial charge in [-0.25, -0.2) is 0 Å². The van der Waals surface area contributed by atoms with E-state index in [9.17, 15) is 0 Å². The van der Waals surface area contributed by atoms with Gasteiger partial charge in [0.1, 0.15) is 0 Å². The number of anilines is 1. The molecule has 0 bridgehead atoms. The molecule has 5 nitrogen and oxygen atoms in total. The second-order valence-corrected chi connectivity index (χ2v) is 5.44. The van der Waals surface area contributed by atoms with Crippen molar-refractivity contribution in [3.05, 3.63) is 5.89 Å². The Kier molecular flexibility index (Phi) is 5.19. The van der Waals surface area contributed by atoms with Crippen LogP contribution in [0.4, 0.5) is 6.01 Å². The van der Waals surface area contributed by atoms with Crippen molar-refractivity contribution < 1.29 is 4.42 Å². The normalized spacial score (nSPS) is 16.6. The van der Waals surface area contributed by atoms with E-state index in [4.69, 9.17) is 4.42 Å². The molecule has 1 heterocycles. The number of rotatable bonds is 9. The minimum absolute atomic E-state index is 0.441. The van der Waals surface area contributed by atoms with Gasteiger partial charge < -0.3 is 14.6 Å². The zero-order chi connectivity index (χ0) is 13.7. The highest BCUT2D eigenvalue weighted by atomic mass is 16.4. The number of nitrogens with zero attached hydrogens (tertiary/aromatic N) is 3. The summed E-state index contributed by atoms with van der Waals surface area (Å²) >= 11 is 0. The lowest BCUT2D eigenvalue weighted by Crippen LogP contribution is -2.33. The molecular formula is C14H26N4O. The molecule has 1 N–H and O–H groups in total. The van der Waals surface area contributed by atoms with Crippen molar-refractivity contribution in [3.8, 4) is 0 Å². The fraction of sp³-hybridized carbons (Fsp3) is 0.857. The zero-order valence-corrected chi connectivity index (χ0v) is 12.4. The predicted octanol–water partition coefficient (Wildman–Crippen LogP) is 2.73. The van der Waals surface area contributed by atoms with Crippen molar-refractivity contribution in [2.45, 2.75) is 71.5 Å². The number of aromatic nitrogens is 2. The van der Waals surface area contributed by atoms with Gasteiger partial charge in [-0.3, -0.25) is 0 Å². The molecule has 0 radical (unpaired) electrons. The van der Waals surface area contributed by atoms with Crippen LogP contribution in [0.25, 0.3) is 0 Å². The van der Waals surface area contributed by atoms with Crippen LogP contribution in [0.5, 0.6) is 0 Å². The minimum atomic E-state index is 0.441. The minimum Gasteiger partial charge on any atom is -0.407 e. The predicted molar refractivity (Wildman–Crippen MR) is 76.2 cm³/mol. The Morgan fingerprint density at radius 2 is 2.16 bits per heavy atom. The van der Waals surface area contributed by atoms with Crippen LogP contribution in [-0.4, -0.2) is 28.8 Å². The molecule has 1 atom stereocenters. The molecule has 0 spiro atoms. The summed E-state index contributed by atoms with van der Waals surface area (Å²) in [7, 11) is 0. The first-order valence-electron chi connectivity index (χ1n) is 7.57. The van der Waals surface area contributed by atoms with E-state index in [-0.39, 0.29) is 0 Å². The van der Waals surface area contributed by atoms with Crippen LogP contribution in [0, 0.1) is 0 Å². The molecule has 1 aliphatic rings. The smallest absolute Gasteiger partial charge is 0.318 e. The van der Waals surface area contributed by atoms with Crippen LogP contribution < -0.4 is 10.2 Å². The fourth-order valence-corrected chi connectivity index (χ4v) is 2.00. The monoisotopic (exact) mass is 266 g/mol. The topological polar surface area (TPSA) is 54.2 Å². The number of hydrogen-bond acceptors (Lipinski definition) is 5. The van der Waals surface area contributed by atoms with Crippen molar-refractivity contribution in [3.63, 3.8) is 0 Å². The van der Waals surface area contributed by atoms with Crippen molar-refractivity contribution in [2.75, 3.05) is 11.4 Å². The number of unbranched alkanes of at least 4 members (excludes halogenated alkanes) is 1. The first-order chi connectivity index (χ1) is 9.24. The van der Waals surface area contributed by atoms with Gasteiger partial charge in [-0.15, -0.1) is 5.10 Å². The second kappa shape index (κ2) is 6.89. The van der Waals surface area contributed by atoms with Crippen molar-refractivity contribution in [2.24, 2.45) is 0 Å². The van der Waals surface area contributed by atoms with E-state index in [0.29, 0.717) is 30.5 Å². The highest BCUT2D eigenvalue weighted by Gasteiger charge is 2.22. The van der Waals surface area contributed by atoms with Gasteiger partial charge in [-0.05, 0) is 32.6 Å². The molecular weight excluding hydrogens is 240 g/mol. The van der Waals surface area contributed by atoms with Crippen LogP contribution in [0.2, 0.25) is 0 Å². The van der Waals surface area contributed by atoms with Gasteiger partial charge in [0.25, 0.3) is 0 Å². The highest BCUT2D eigenvalue weighted by Crippen LogP contribution is 2.21. The number of hydrogen-bond donors (Lipinski definition) is 1. The van der Waals surface area contributed by atoms with Gasteiger partial charge in [-0.1, -0.05) is 25.4 Å². The van der Waals surface area contributed by atoms with Crippen LogP contribution in [0.3, 0.4) is 0 Å².